The number of carbonyl (C=O) groups excluding carboxylic acids is 1. The van der Waals surface area contributed by atoms with Crippen LogP contribution < -0.4 is 0 Å². The summed E-state index contributed by atoms with van der Waals surface area (Å²) in [7, 11) is 1.35. The van der Waals surface area contributed by atoms with Gasteiger partial charge in [0.05, 0.1) is 13.2 Å². The number of aryl methyl sites for hydroxylation is 1. The highest BCUT2D eigenvalue weighted by atomic mass is 16.5. The molecule has 1 fully saturated rings. The lowest BCUT2D eigenvalue weighted by Gasteiger charge is -2.22. The van der Waals surface area contributed by atoms with E-state index in [2.05, 4.69) is 11.8 Å². The first-order valence-corrected chi connectivity index (χ1v) is 6.60. The summed E-state index contributed by atoms with van der Waals surface area (Å²) in [6.45, 7) is 5.93. The minimum atomic E-state index is -0.439. The van der Waals surface area contributed by atoms with Crippen molar-refractivity contribution < 1.29 is 19.1 Å². The SMILES string of the molecule is COC(=O)c1oc(C(C)N2CCC(CO)C2)cc1C. The maximum atomic E-state index is 11.5. The highest BCUT2D eigenvalue weighted by molar-refractivity contribution is 5.87. The molecule has 2 rings (SSSR count). The second-order valence-corrected chi connectivity index (χ2v) is 5.16. The normalized spacial score (nSPS) is 21.6. The molecule has 1 saturated heterocycles. The van der Waals surface area contributed by atoms with Gasteiger partial charge in [-0.05, 0) is 38.8 Å². The van der Waals surface area contributed by atoms with Crippen molar-refractivity contribution in [1.82, 2.24) is 4.90 Å². The summed E-state index contributed by atoms with van der Waals surface area (Å²) in [6.07, 6.45) is 1.00. The van der Waals surface area contributed by atoms with E-state index >= 15 is 0 Å². The van der Waals surface area contributed by atoms with Gasteiger partial charge in [-0.25, -0.2) is 4.79 Å². The first-order valence-electron chi connectivity index (χ1n) is 6.60. The molecule has 0 saturated carbocycles. The summed E-state index contributed by atoms with van der Waals surface area (Å²) < 4.78 is 10.3. The quantitative estimate of drug-likeness (QED) is 0.842. The second-order valence-electron chi connectivity index (χ2n) is 5.16. The van der Waals surface area contributed by atoms with Gasteiger partial charge in [-0.15, -0.1) is 0 Å². The molecular weight excluding hydrogens is 246 g/mol. The van der Waals surface area contributed by atoms with Gasteiger partial charge in [0, 0.05) is 18.7 Å². The maximum Gasteiger partial charge on any atom is 0.374 e. The number of rotatable bonds is 4. The van der Waals surface area contributed by atoms with Crippen LogP contribution in [0.1, 0.15) is 41.3 Å². The lowest BCUT2D eigenvalue weighted by molar-refractivity contribution is 0.0558. The molecule has 5 heteroatoms. The molecular formula is C14H21NO4. The number of furan rings is 1. The lowest BCUT2D eigenvalue weighted by atomic mass is 10.1. The van der Waals surface area contributed by atoms with Gasteiger partial charge < -0.3 is 14.3 Å². The van der Waals surface area contributed by atoms with Crippen LogP contribution in [0.2, 0.25) is 0 Å². The first kappa shape index (κ1) is 14.1. The Morgan fingerprint density at radius 2 is 2.42 bits per heavy atom. The van der Waals surface area contributed by atoms with Crippen molar-refractivity contribution in [3.63, 3.8) is 0 Å². The van der Waals surface area contributed by atoms with E-state index < -0.39 is 5.97 Å². The molecule has 1 aromatic rings. The van der Waals surface area contributed by atoms with Gasteiger partial charge in [0.1, 0.15) is 5.76 Å². The summed E-state index contributed by atoms with van der Waals surface area (Å²) in [4.78, 5) is 13.8. The molecule has 0 bridgehead atoms. The minimum absolute atomic E-state index is 0.105. The summed E-state index contributed by atoms with van der Waals surface area (Å²) in [6, 6.07) is 2.00. The molecule has 2 atom stereocenters. The molecule has 106 valence electrons. The van der Waals surface area contributed by atoms with Gasteiger partial charge in [-0.2, -0.15) is 0 Å². The number of aliphatic hydroxyl groups excluding tert-OH is 1. The Morgan fingerprint density at radius 1 is 1.68 bits per heavy atom. The average Bonchev–Trinajstić information content (AvgIpc) is 3.03. The van der Waals surface area contributed by atoms with Crippen LogP contribution in [0.15, 0.2) is 10.5 Å². The van der Waals surface area contributed by atoms with Crippen molar-refractivity contribution in [2.75, 3.05) is 26.8 Å². The second kappa shape index (κ2) is 5.75. The molecule has 1 aliphatic rings. The first-order chi connectivity index (χ1) is 9.06. The fourth-order valence-electron chi connectivity index (χ4n) is 2.55. The van der Waals surface area contributed by atoms with Crippen molar-refractivity contribution in [3.05, 3.63) is 23.2 Å². The molecule has 0 radical (unpaired) electrons. The maximum absolute atomic E-state index is 11.5. The number of carbonyl (C=O) groups is 1. The fraction of sp³-hybridized carbons (Fsp3) is 0.643. The van der Waals surface area contributed by atoms with Crippen LogP contribution in [0.5, 0.6) is 0 Å². The monoisotopic (exact) mass is 267 g/mol. The standard InChI is InChI=1S/C14H21NO4/c1-9-6-12(19-13(9)14(17)18-3)10(2)15-5-4-11(7-15)8-16/h6,10-11,16H,4-5,7-8H2,1-3H3. The van der Waals surface area contributed by atoms with E-state index in [0.717, 1.165) is 30.8 Å². The predicted octanol–water partition coefficient (Wildman–Crippen LogP) is 1.75. The Hall–Kier alpha value is -1.33. The molecule has 2 heterocycles. The number of aliphatic hydroxyl groups is 1. The molecule has 2 unspecified atom stereocenters. The van der Waals surface area contributed by atoms with Gasteiger partial charge in [-0.1, -0.05) is 0 Å². The van der Waals surface area contributed by atoms with Crippen LogP contribution in [-0.2, 0) is 4.74 Å². The van der Waals surface area contributed by atoms with E-state index in [9.17, 15) is 9.90 Å². The third-order valence-corrected chi connectivity index (χ3v) is 3.84. The average molecular weight is 267 g/mol. The van der Waals surface area contributed by atoms with Crippen molar-refractivity contribution in [2.24, 2.45) is 5.92 Å². The molecule has 19 heavy (non-hydrogen) atoms. The highest BCUT2D eigenvalue weighted by Crippen LogP contribution is 2.29. The molecule has 5 nitrogen and oxygen atoms in total. The Morgan fingerprint density at radius 3 is 3.00 bits per heavy atom. The number of hydrogen-bond donors (Lipinski definition) is 1. The van der Waals surface area contributed by atoms with Crippen LogP contribution in [0.3, 0.4) is 0 Å². The highest BCUT2D eigenvalue weighted by Gasteiger charge is 2.29. The van der Waals surface area contributed by atoms with E-state index in [1.54, 1.807) is 0 Å². The Balaban J connectivity index is 2.12. The van der Waals surface area contributed by atoms with E-state index in [1.165, 1.54) is 7.11 Å². The van der Waals surface area contributed by atoms with Crippen molar-refractivity contribution in [2.45, 2.75) is 26.3 Å². The largest absolute Gasteiger partial charge is 0.463 e. The van der Waals surface area contributed by atoms with Crippen LogP contribution in [0.25, 0.3) is 0 Å². The fourth-order valence-corrected chi connectivity index (χ4v) is 2.55. The Labute approximate surface area is 113 Å². The number of esters is 1. The molecule has 1 aliphatic heterocycles. The lowest BCUT2D eigenvalue weighted by Crippen LogP contribution is -2.24. The molecule has 0 aromatic carbocycles. The zero-order chi connectivity index (χ0) is 14.0. The summed E-state index contributed by atoms with van der Waals surface area (Å²) in [5.74, 6) is 0.961. The van der Waals surface area contributed by atoms with Crippen molar-refractivity contribution in [3.8, 4) is 0 Å². The molecule has 0 spiro atoms. The van der Waals surface area contributed by atoms with Crippen LogP contribution in [0, 0.1) is 12.8 Å². The summed E-state index contributed by atoms with van der Waals surface area (Å²) in [5.41, 5.74) is 0.798. The van der Waals surface area contributed by atoms with Crippen LogP contribution in [0.4, 0.5) is 0 Å². The number of hydrogen-bond acceptors (Lipinski definition) is 5. The molecule has 0 amide bonds. The summed E-state index contributed by atoms with van der Waals surface area (Å²) in [5, 5.41) is 9.18. The predicted molar refractivity (Wildman–Crippen MR) is 70.0 cm³/mol. The van der Waals surface area contributed by atoms with Crippen molar-refractivity contribution in [1.29, 1.82) is 0 Å². The Bertz CT molecular complexity index is 454. The van der Waals surface area contributed by atoms with Crippen molar-refractivity contribution >= 4 is 5.97 Å². The number of likely N-dealkylation sites (tertiary alicyclic amines) is 1. The Kier molecular flexibility index (Phi) is 4.27. The number of methoxy groups -OCH3 is 1. The van der Waals surface area contributed by atoms with E-state index in [1.807, 2.05) is 13.0 Å². The number of nitrogens with zero attached hydrogens (tertiary/aromatic N) is 1. The van der Waals surface area contributed by atoms with Gasteiger partial charge in [-0.3, -0.25) is 4.90 Å². The number of ether oxygens (including phenoxy) is 1. The molecule has 0 aliphatic carbocycles. The topological polar surface area (TPSA) is 62.9 Å². The summed E-state index contributed by atoms with van der Waals surface area (Å²) >= 11 is 0. The van der Waals surface area contributed by atoms with Crippen LogP contribution in [-0.4, -0.2) is 42.8 Å². The third-order valence-electron chi connectivity index (χ3n) is 3.84. The molecule has 1 aromatic heterocycles. The van der Waals surface area contributed by atoms with Gasteiger partial charge in [0.2, 0.25) is 5.76 Å². The smallest absolute Gasteiger partial charge is 0.374 e. The van der Waals surface area contributed by atoms with Gasteiger partial charge in [0.15, 0.2) is 0 Å². The van der Waals surface area contributed by atoms with Gasteiger partial charge >= 0.3 is 5.97 Å². The zero-order valence-corrected chi connectivity index (χ0v) is 11.7. The molecule has 1 N–H and O–H groups in total. The van der Waals surface area contributed by atoms with E-state index in [0.29, 0.717) is 5.92 Å². The van der Waals surface area contributed by atoms with Gasteiger partial charge in [0.25, 0.3) is 0 Å². The zero-order valence-electron chi connectivity index (χ0n) is 11.7. The minimum Gasteiger partial charge on any atom is -0.463 e. The van der Waals surface area contributed by atoms with E-state index in [4.69, 9.17) is 9.15 Å². The van der Waals surface area contributed by atoms with Crippen LogP contribution >= 0.6 is 0 Å². The van der Waals surface area contributed by atoms with E-state index in [-0.39, 0.29) is 18.4 Å². The third kappa shape index (κ3) is 2.82.